The number of benzene rings is 2. The molecule has 1 atom stereocenters. The van der Waals surface area contributed by atoms with Gasteiger partial charge in [-0.25, -0.2) is 0 Å². The number of hydrogen-bond donors (Lipinski definition) is 2. The second-order valence-electron chi connectivity index (χ2n) is 7.78. The van der Waals surface area contributed by atoms with E-state index in [1.54, 1.807) is 43.3 Å². The van der Waals surface area contributed by atoms with Gasteiger partial charge in [0.25, 0.3) is 5.91 Å². The van der Waals surface area contributed by atoms with Gasteiger partial charge in [0.1, 0.15) is 0 Å². The highest BCUT2D eigenvalue weighted by Gasteiger charge is 2.32. The smallest absolute Gasteiger partial charge is 0.257 e. The van der Waals surface area contributed by atoms with Crippen LogP contribution in [0.1, 0.15) is 28.8 Å². The highest BCUT2D eigenvalue weighted by atomic mass is 16.2. The number of anilines is 2. The number of hydrogen-bond acceptors (Lipinski definition) is 4. The summed E-state index contributed by atoms with van der Waals surface area (Å²) in [5.74, 6) is -0.527. The number of carbonyl (C=O) groups excluding carboxylic acids is 3. The van der Waals surface area contributed by atoms with Crippen molar-refractivity contribution in [1.82, 2.24) is 9.80 Å². The Bertz CT molecular complexity index is 942. The molecule has 7 heteroatoms. The van der Waals surface area contributed by atoms with Gasteiger partial charge < -0.3 is 15.5 Å². The summed E-state index contributed by atoms with van der Waals surface area (Å²) in [4.78, 5) is 41.2. The lowest BCUT2D eigenvalue weighted by Crippen LogP contribution is -2.45. The fourth-order valence-electron chi connectivity index (χ4n) is 3.68. The van der Waals surface area contributed by atoms with Crippen molar-refractivity contribution in [2.24, 2.45) is 0 Å². The van der Waals surface area contributed by atoms with Crippen LogP contribution in [0.3, 0.4) is 0 Å². The van der Waals surface area contributed by atoms with Crippen molar-refractivity contribution >= 4 is 29.1 Å². The van der Waals surface area contributed by atoms with Gasteiger partial charge in [0.15, 0.2) is 0 Å². The third-order valence-corrected chi connectivity index (χ3v) is 5.16. The largest absolute Gasteiger partial charge is 0.347 e. The Morgan fingerprint density at radius 3 is 2.57 bits per heavy atom. The fourth-order valence-corrected chi connectivity index (χ4v) is 3.68. The third kappa shape index (κ3) is 5.24. The van der Waals surface area contributed by atoms with Gasteiger partial charge in [0.2, 0.25) is 11.8 Å². The topological polar surface area (TPSA) is 81.8 Å². The first kappa shape index (κ1) is 21.5. The molecule has 2 aromatic carbocycles. The summed E-state index contributed by atoms with van der Waals surface area (Å²) >= 11 is 0. The monoisotopic (exact) mass is 408 g/mol. The first-order chi connectivity index (χ1) is 14.3. The molecule has 0 aliphatic carbocycles. The van der Waals surface area contributed by atoms with E-state index in [0.717, 1.165) is 18.4 Å². The summed E-state index contributed by atoms with van der Waals surface area (Å²) in [7, 11) is 3.45. The predicted octanol–water partition coefficient (Wildman–Crippen LogP) is 2.74. The molecule has 0 aromatic heterocycles. The molecule has 0 bridgehead atoms. The van der Waals surface area contributed by atoms with Crippen molar-refractivity contribution in [3.63, 3.8) is 0 Å². The molecule has 2 aromatic rings. The summed E-state index contributed by atoms with van der Waals surface area (Å²) in [5.41, 5.74) is 2.57. The van der Waals surface area contributed by atoms with Crippen LogP contribution in [0.5, 0.6) is 0 Å². The molecule has 0 saturated carbocycles. The van der Waals surface area contributed by atoms with Crippen LogP contribution in [0.25, 0.3) is 0 Å². The fraction of sp³-hybridized carbons (Fsp3) is 0.348. The summed E-state index contributed by atoms with van der Waals surface area (Å²) in [5, 5.41) is 5.71. The van der Waals surface area contributed by atoms with Gasteiger partial charge in [0, 0.05) is 19.8 Å². The number of amides is 3. The molecule has 30 heavy (non-hydrogen) atoms. The van der Waals surface area contributed by atoms with Crippen molar-refractivity contribution in [2.45, 2.75) is 25.8 Å². The molecule has 1 fully saturated rings. The summed E-state index contributed by atoms with van der Waals surface area (Å²) in [6.45, 7) is 2.77. The Morgan fingerprint density at radius 2 is 1.83 bits per heavy atom. The Labute approximate surface area is 177 Å². The minimum absolute atomic E-state index is 0.0123. The number of carbonyl (C=O) groups is 3. The molecule has 7 nitrogen and oxygen atoms in total. The lowest BCUT2D eigenvalue weighted by molar-refractivity contribution is -0.133. The Morgan fingerprint density at radius 1 is 1.07 bits per heavy atom. The van der Waals surface area contributed by atoms with Crippen LogP contribution in [-0.2, 0) is 9.59 Å². The molecule has 1 unspecified atom stereocenters. The quantitative estimate of drug-likeness (QED) is 0.770. The van der Waals surface area contributed by atoms with Gasteiger partial charge in [0.05, 0.1) is 23.8 Å². The number of para-hydroxylation sites is 1. The van der Waals surface area contributed by atoms with E-state index in [4.69, 9.17) is 0 Å². The van der Waals surface area contributed by atoms with E-state index in [1.165, 1.54) is 0 Å². The van der Waals surface area contributed by atoms with E-state index in [0.29, 0.717) is 23.5 Å². The second kappa shape index (κ2) is 9.54. The maximum atomic E-state index is 12.8. The van der Waals surface area contributed by atoms with E-state index >= 15 is 0 Å². The molecule has 1 aliphatic heterocycles. The van der Waals surface area contributed by atoms with Crippen molar-refractivity contribution in [2.75, 3.05) is 37.8 Å². The average Bonchev–Trinajstić information content (AvgIpc) is 3.15. The second-order valence-corrected chi connectivity index (χ2v) is 7.78. The van der Waals surface area contributed by atoms with Crippen LogP contribution in [-0.4, -0.2) is 60.7 Å². The molecule has 0 spiro atoms. The normalized spacial score (nSPS) is 16.2. The van der Waals surface area contributed by atoms with Gasteiger partial charge in [-0.3, -0.25) is 19.3 Å². The number of aryl methyl sites for hydroxylation is 1. The van der Waals surface area contributed by atoms with Crippen molar-refractivity contribution < 1.29 is 14.4 Å². The van der Waals surface area contributed by atoms with Gasteiger partial charge in [-0.1, -0.05) is 24.3 Å². The van der Waals surface area contributed by atoms with E-state index in [1.807, 2.05) is 36.1 Å². The van der Waals surface area contributed by atoms with Crippen LogP contribution in [0.2, 0.25) is 0 Å². The minimum Gasteiger partial charge on any atom is -0.347 e. The first-order valence-corrected chi connectivity index (χ1v) is 10.1. The highest BCUT2D eigenvalue weighted by Crippen LogP contribution is 2.21. The van der Waals surface area contributed by atoms with Gasteiger partial charge >= 0.3 is 0 Å². The van der Waals surface area contributed by atoms with Crippen molar-refractivity contribution in [3.8, 4) is 0 Å². The van der Waals surface area contributed by atoms with Gasteiger partial charge in [-0.05, 0) is 56.1 Å². The summed E-state index contributed by atoms with van der Waals surface area (Å²) in [6.07, 6.45) is 1.63. The molecule has 0 radical (unpaired) electrons. The standard InChI is InChI=1S/C23H28N4O3/c1-16-8-6-9-17(14-16)24-22(29)18-10-4-5-11-19(18)25-21(28)15-27-13-7-12-20(27)23(30)26(2)3/h4-6,8-11,14,20H,7,12-13,15H2,1-3H3,(H,24,29)(H,25,28). The van der Waals surface area contributed by atoms with Crippen molar-refractivity contribution in [3.05, 3.63) is 59.7 Å². The van der Waals surface area contributed by atoms with Crippen LogP contribution in [0, 0.1) is 6.92 Å². The number of likely N-dealkylation sites (tertiary alicyclic amines) is 1. The Kier molecular flexibility index (Phi) is 6.84. The maximum Gasteiger partial charge on any atom is 0.257 e. The SMILES string of the molecule is Cc1cccc(NC(=O)c2ccccc2NC(=O)CN2CCCC2C(=O)N(C)C)c1. The van der Waals surface area contributed by atoms with Crippen LogP contribution >= 0.6 is 0 Å². The van der Waals surface area contributed by atoms with E-state index in [9.17, 15) is 14.4 Å². The number of nitrogens with zero attached hydrogens (tertiary/aromatic N) is 2. The summed E-state index contributed by atoms with van der Waals surface area (Å²) < 4.78 is 0. The van der Waals surface area contributed by atoms with Crippen LogP contribution in [0.15, 0.2) is 48.5 Å². The molecule has 1 aliphatic rings. The third-order valence-electron chi connectivity index (χ3n) is 5.16. The minimum atomic E-state index is -0.293. The molecular weight excluding hydrogens is 380 g/mol. The molecule has 2 N–H and O–H groups in total. The number of rotatable bonds is 6. The molecular formula is C23H28N4O3. The molecule has 158 valence electrons. The zero-order chi connectivity index (χ0) is 21.7. The summed E-state index contributed by atoms with van der Waals surface area (Å²) in [6, 6.07) is 14.2. The number of nitrogens with one attached hydrogen (secondary N) is 2. The van der Waals surface area contributed by atoms with Gasteiger partial charge in [-0.2, -0.15) is 0 Å². The predicted molar refractivity (Wildman–Crippen MR) is 117 cm³/mol. The Balaban J connectivity index is 1.67. The van der Waals surface area contributed by atoms with E-state index in [-0.39, 0.29) is 30.3 Å². The lowest BCUT2D eigenvalue weighted by atomic mass is 10.1. The van der Waals surface area contributed by atoms with E-state index < -0.39 is 0 Å². The zero-order valence-corrected chi connectivity index (χ0v) is 17.6. The van der Waals surface area contributed by atoms with E-state index in [2.05, 4.69) is 10.6 Å². The number of likely N-dealkylation sites (N-methyl/N-ethyl adjacent to an activating group) is 1. The lowest BCUT2D eigenvalue weighted by Gasteiger charge is -2.25. The maximum absolute atomic E-state index is 12.8. The van der Waals surface area contributed by atoms with Crippen molar-refractivity contribution in [1.29, 1.82) is 0 Å². The Hall–Kier alpha value is -3.19. The zero-order valence-electron chi connectivity index (χ0n) is 17.6. The van der Waals surface area contributed by atoms with Crippen LogP contribution < -0.4 is 10.6 Å². The van der Waals surface area contributed by atoms with Crippen LogP contribution in [0.4, 0.5) is 11.4 Å². The highest BCUT2D eigenvalue weighted by molar-refractivity contribution is 6.10. The molecule has 1 saturated heterocycles. The molecule has 3 amide bonds. The molecule has 1 heterocycles. The van der Waals surface area contributed by atoms with Gasteiger partial charge in [-0.15, -0.1) is 0 Å². The average molecular weight is 409 g/mol. The molecule has 3 rings (SSSR count). The first-order valence-electron chi connectivity index (χ1n) is 10.1.